The third-order valence-electron chi connectivity index (χ3n) is 2.73. The van der Waals surface area contributed by atoms with Crippen molar-refractivity contribution in [1.29, 1.82) is 0 Å². The highest BCUT2D eigenvalue weighted by Gasteiger charge is 2.18. The first-order valence-electron chi connectivity index (χ1n) is 6.42. The van der Waals surface area contributed by atoms with E-state index in [0.29, 0.717) is 18.4 Å². The molecule has 0 radical (unpaired) electrons. The van der Waals surface area contributed by atoms with E-state index in [-0.39, 0.29) is 0 Å². The zero-order chi connectivity index (χ0) is 13.4. The number of aliphatic carboxylic acids is 1. The highest BCUT2D eigenvalue weighted by Crippen LogP contribution is 2.09. The monoisotopic (exact) mass is 263 g/mol. The van der Waals surface area contributed by atoms with Gasteiger partial charge in [0.15, 0.2) is 0 Å². The fourth-order valence-electron chi connectivity index (χ4n) is 1.48. The summed E-state index contributed by atoms with van der Waals surface area (Å²) in [7, 11) is 0. The number of rotatable bonds is 9. The van der Waals surface area contributed by atoms with Gasteiger partial charge in [-0.3, -0.25) is 4.79 Å². The number of carbonyl (C=O) groups is 1. The van der Waals surface area contributed by atoms with Crippen molar-refractivity contribution in [2.45, 2.75) is 45.9 Å². The fourth-order valence-corrected chi connectivity index (χ4v) is 1.68. The van der Waals surface area contributed by atoms with Crippen molar-refractivity contribution in [1.82, 2.24) is 4.90 Å². The van der Waals surface area contributed by atoms with E-state index in [2.05, 4.69) is 32.6 Å². The van der Waals surface area contributed by atoms with Crippen molar-refractivity contribution in [3.63, 3.8) is 0 Å². The summed E-state index contributed by atoms with van der Waals surface area (Å²) in [6.07, 6.45) is 2.17. The second kappa shape index (κ2) is 8.76. The Bertz CT molecular complexity index is 207. The number of nitrogens with zero attached hydrogens (tertiary/aromatic N) is 1. The van der Waals surface area contributed by atoms with Crippen LogP contribution in [-0.2, 0) is 4.79 Å². The molecule has 0 aliphatic heterocycles. The molecule has 0 amide bonds. The zero-order valence-corrected chi connectivity index (χ0v) is 12.2. The molecule has 0 aliphatic rings. The van der Waals surface area contributed by atoms with Gasteiger partial charge in [-0.15, -0.1) is 11.6 Å². The summed E-state index contributed by atoms with van der Waals surface area (Å²) in [6.45, 7) is 11.0. The van der Waals surface area contributed by atoms with E-state index in [4.69, 9.17) is 16.7 Å². The Morgan fingerprint density at radius 1 is 1.12 bits per heavy atom. The van der Waals surface area contributed by atoms with Gasteiger partial charge in [0.2, 0.25) is 0 Å². The maximum absolute atomic E-state index is 10.8. The van der Waals surface area contributed by atoms with E-state index in [0.717, 1.165) is 25.9 Å². The summed E-state index contributed by atoms with van der Waals surface area (Å²) in [6, 6.07) is 0. The minimum absolute atomic E-state index is 0.441. The average Bonchev–Trinajstić information content (AvgIpc) is 2.21. The zero-order valence-electron chi connectivity index (χ0n) is 11.4. The first kappa shape index (κ1) is 16.7. The Kier molecular flexibility index (Phi) is 8.61. The lowest BCUT2D eigenvalue weighted by molar-refractivity contribution is -0.137. The standard InChI is InChI=1S/C13H26ClNO2/c1-10(2)5-7-15(8-6-11(3)4)9-12(14)13(16)17/h10-12H,5-9H2,1-4H3,(H,16,17). The molecule has 0 aromatic carbocycles. The predicted molar refractivity (Wildman–Crippen MR) is 72.6 cm³/mol. The molecule has 0 aromatic heterocycles. The van der Waals surface area contributed by atoms with Crippen LogP contribution in [0.2, 0.25) is 0 Å². The molecule has 1 unspecified atom stereocenters. The van der Waals surface area contributed by atoms with Gasteiger partial charge >= 0.3 is 5.97 Å². The predicted octanol–water partition coefficient (Wildman–Crippen LogP) is 3.07. The Balaban J connectivity index is 4.14. The quantitative estimate of drug-likeness (QED) is 0.650. The topological polar surface area (TPSA) is 40.5 Å². The largest absolute Gasteiger partial charge is 0.480 e. The van der Waals surface area contributed by atoms with Crippen LogP contribution in [0.4, 0.5) is 0 Å². The molecule has 0 saturated heterocycles. The van der Waals surface area contributed by atoms with Gasteiger partial charge in [-0.25, -0.2) is 0 Å². The van der Waals surface area contributed by atoms with Crippen molar-refractivity contribution in [2.24, 2.45) is 11.8 Å². The molecular formula is C13H26ClNO2. The van der Waals surface area contributed by atoms with Crippen LogP contribution in [0, 0.1) is 11.8 Å². The van der Waals surface area contributed by atoms with E-state index < -0.39 is 11.3 Å². The maximum atomic E-state index is 10.8. The Morgan fingerprint density at radius 2 is 1.53 bits per heavy atom. The maximum Gasteiger partial charge on any atom is 0.322 e. The van der Waals surface area contributed by atoms with Crippen LogP contribution in [0.15, 0.2) is 0 Å². The molecule has 17 heavy (non-hydrogen) atoms. The van der Waals surface area contributed by atoms with Gasteiger partial charge in [-0.2, -0.15) is 0 Å². The molecule has 0 spiro atoms. The molecule has 0 fully saturated rings. The molecule has 0 bridgehead atoms. The molecule has 0 heterocycles. The molecule has 102 valence electrons. The van der Waals surface area contributed by atoms with Crippen molar-refractivity contribution in [2.75, 3.05) is 19.6 Å². The summed E-state index contributed by atoms with van der Waals surface area (Å²) >= 11 is 5.80. The molecular weight excluding hydrogens is 238 g/mol. The van der Waals surface area contributed by atoms with Crippen LogP contribution in [-0.4, -0.2) is 41.0 Å². The summed E-state index contributed by atoms with van der Waals surface area (Å²) in [5, 5.41) is 8.03. The van der Waals surface area contributed by atoms with Crippen molar-refractivity contribution < 1.29 is 9.90 Å². The Labute approximate surface area is 110 Å². The smallest absolute Gasteiger partial charge is 0.322 e. The van der Waals surface area contributed by atoms with Gasteiger partial charge < -0.3 is 10.0 Å². The summed E-state index contributed by atoms with van der Waals surface area (Å²) in [4.78, 5) is 12.9. The molecule has 3 nitrogen and oxygen atoms in total. The van der Waals surface area contributed by atoms with E-state index in [1.807, 2.05) is 0 Å². The van der Waals surface area contributed by atoms with Crippen molar-refractivity contribution in [3.8, 4) is 0 Å². The average molecular weight is 264 g/mol. The lowest BCUT2D eigenvalue weighted by Crippen LogP contribution is -2.36. The molecule has 4 heteroatoms. The van der Waals surface area contributed by atoms with Gasteiger partial charge in [0, 0.05) is 6.54 Å². The van der Waals surface area contributed by atoms with Gasteiger partial charge in [0.25, 0.3) is 0 Å². The summed E-state index contributed by atoms with van der Waals surface area (Å²) < 4.78 is 0. The normalized spacial score (nSPS) is 13.6. The minimum atomic E-state index is -0.925. The SMILES string of the molecule is CC(C)CCN(CCC(C)C)CC(Cl)C(=O)O. The number of halogens is 1. The van der Waals surface area contributed by atoms with Crippen LogP contribution < -0.4 is 0 Å². The molecule has 0 aliphatic carbocycles. The van der Waals surface area contributed by atoms with E-state index in [9.17, 15) is 4.79 Å². The highest BCUT2D eigenvalue weighted by molar-refractivity contribution is 6.29. The summed E-state index contributed by atoms with van der Waals surface area (Å²) in [5.74, 6) is 0.344. The second-order valence-corrected chi connectivity index (χ2v) is 6.00. The van der Waals surface area contributed by atoms with Crippen LogP contribution in [0.3, 0.4) is 0 Å². The third kappa shape index (κ3) is 9.42. The van der Waals surface area contributed by atoms with Crippen LogP contribution in [0.25, 0.3) is 0 Å². The van der Waals surface area contributed by atoms with E-state index in [1.165, 1.54) is 0 Å². The number of carboxylic acids is 1. The Hall–Kier alpha value is -0.280. The fraction of sp³-hybridized carbons (Fsp3) is 0.923. The first-order chi connectivity index (χ1) is 7.82. The van der Waals surface area contributed by atoms with Crippen LogP contribution >= 0.6 is 11.6 Å². The number of alkyl halides is 1. The van der Waals surface area contributed by atoms with Crippen LogP contribution in [0.1, 0.15) is 40.5 Å². The number of carboxylic acid groups (broad SMARTS) is 1. The van der Waals surface area contributed by atoms with Gasteiger partial charge in [-0.1, -0.05) is 27.7 Å². The highest BCUT2D eigenvalue weighted by atomic mass is 35.5. The molecule has 0 aromatic rings. The van der Waals surface area contributed by atoms with Crippen molar-refractivity contribution >= 4 is 17.6 Å². The minimum Gasteiger partial charge on any atom is -0.480 e. The number of hydrogen-bond donors (Lipinski definition) is 1. The lowest BCUT2D eigenvalue weighted by Gasteiger charge is -2.25. The molecule has 0 rings (SSSR count). The second-order valence-electron chi connectivity index (χ2n) is 5.47. The van der Waals surface area contributed by atoms with Gasteiger partial charge in [0.05, 0.1) is 0 Å². The third-order valence-corrected chi connectivity index (χ3v) is 3.06. The number of hydrogen-bond acceptors (Lipinski definition) is 2. The molecule has 1 N–H and O–H groups in total. The van der Waals surface area contributed by atoms with Gasteiger partial charge in [-0.05, 0) is 37.8 Å². The van der Waals surface area contributed by atoms with Gasteiger partial charge in [0.1, 0.15) is 5.38 Å². The lowest BCUT2D eigenvalue weighted by atomic mass is 10.1. The van der Waals surface area contributed by atoms with E-state index in [1.54, 1.807) is 0 Å². The Morgan fingerprint density at radius 3 is 1.82 bits per heavy atom. The molecule has 1 atom stereocenters. The first-order valence-corrected chi connectivity index (χ1v) is 6.85. The van der Waals surface area contributed by atoms with Crippen molar-refractivity contribution in [3.05, 3.63) is 0 Å². The van der Waals surface area contributed by atoms with Crippen LogP contribution in [0.5, 0.6) is 0 Å². The molecule has 0 saturated carbocycles. The summed E-state index contributed by atoms with van der Waals surface area (Å²) in [5.41, 5.74) is 0. The van der Waals surface area contributed by atoms with E-state index >= 15 is 0 Å².